The van der Waals surface area contributed by atoms with Crippen molar-refractivity contribution in [1.29, 1.82) is 0 Å². The third-order valence-electron chi connectivity index (χ3n) is 3.50. The van der Waals surface area contributed by atoms with E-state index in [1.807, 2.05) is 0 Å². The molecule has 2 amide bonds. The summed E-state index contributed by atoms with van der Waals surface area (Å²) < 4.78 is 46.7. The van der Waals surface area contributed by atoms with Gasteiger partial charge in [0.2, 0.25) is 5.91 Å². The Morgan fingerprint density at radius 1 is 1.16 bits per heavy atom. The van der Waals surface area contributed by atoms with Gasteiger partial charge in [0.25, 0.3) is 5.91 Å². The Morgan fingerprint density at radius 2 is 1.80 bits per heavy atom. The van der Waals surface area contributed by atoms with Crippen molar-refractivity contribution in [2.75, 3.05) is 38.2 Å². The molecule has 0 aromatic heterocycles. The molecular weight excluding hydrogens is 341 g/mol. The number of anilines is 1. The number of amides is 2. The van der Waals surface area contributed by atoms with Gasteiger partial charge in [0.1, 0.15) is 5.75 Å². The molecule has 0 spiro atoms. The number of halogens is 3. The Morgan fingerprint density at radius 3 is 2.40 bits per heavy atom. The molecule has 1 N–H and O–H groups in total. The monoisotopic (exact) mass is 360 g/mol. The van der Waals surface area contributed by atoms with Crippen LogP contribution < -0.4 is 10.1 Å². The van der Waals surface area contributed by atoms with Crippen LogP contribution >= 0.6 is 0 Å². The van der Waals surface area contributed by atoms with E-state index in [0.717, 1.165) is 0 Å². The first-order chi connectivity index (χ1) is 11.8. The van der Waals surface area contributed by atoms with Crippen molar-refractivity contribution in [2.24, 2.45) is 0 Å². The van der Waals surface area contributed by atoms with Crippen LogP contribution in [-0.2, 0) is 14.3 Å². The molecule has 0 unspecified atom stereocenters. The highest BCUT2D eigenvalue weighted by molar-refractivity contribution is 5.90. The predicted molar refractivity (Wildman–Crippen MR) is 83.3 cm³/mol. The highest BCUT2D eigenvalue weighted by Crippen LogP contribution is 2.22. The minimum atomic E-state index is -4.36. The lowest BCUT2D eigenvalue weighted by atomic mass is 10.2. The van der Waals surface area contributed by atoms with Gasteiger partial charge in [0, 0.05) is 25.2 Å². The standard InChI is InChI=1S/C16H19F3N2O4/c17-16(18,19)6-5-14(22)20-12-1-3-13(4-2-12)25-11-15(23)21-7-9-24-10-8-21/h1-4H,5-11H2,(H,20,22). The lowest BCUT2D eigenvalue weighted by Gasteiger charge is -2.26. The first-order valence-electron chi connectivity index (χ1n) is 7.78. The molecule has 138 valence electrons. The van der Waals surface area contributed by atoms with Crippen molar-refractivity contribution in [3.05, 3.63) is 24.3 Å². The van der Waals surface area contributed by atoms with Crippen molar-refractivity contribution in [3.63, 3.8) is 0 Å². The molecule has 1 aromatic carbocycles. The van der Waals surface area contributed by atoms with Crippen molar-refractivity contribution in [2.45, 2.75) is 19.0 Å². The predicted octanol–water partition coefficient (Wildman–Crippen LogP) is 2.21. The van der Waals surface area contributed by atoms with E-state index in [1.54, 1.807) is 4.90 Å². The zero-order chi connectivity index (χ0) is 18.3. The van der Waals surface area contributed by atoms with Gasteiger partial charge in [-0.25, -0.2) is 0 Å². The second-order valence-corrected chi connectivity index (χ2v) is 5.47. The normalized spacial score (nSPS) is 14.9. The summed E-state index contributed by atoms with van der Waals surface area (Å²) >= 11 is 0. The van der Waals surface area contributed by atoms with E-state index in [4.69, 9.17) is 9.47 Å². The maximum Gasteiger partial charge on any atom is 0.389 e. The molecular formula is C16H19F3N2O4. The number of hydrogen-bond acceptors (Lipinski definition) is 4. The van der Waals surface area contributed by atoms with Gasteiger partial charge in [-0.2, -0.15) is 13.2 Å². The number of morpholine rings is 1. The molecule has 1 fully saturated rings. The van der Waals surface area contributed by atoms with Gasteiger partial charge in [-0.15, -0.1) is 0 Å². The summed E-state index contributed by atoms with van der Waals surface area (Å²) in [6.45, 7) is 1.97. The van der Waals surface area contributed by atoms with Gasteiger partial charge in [-0.3, -0.25) is 9.59 Å². The van der Waals surface area contributed by atoms with E-state index >= 15 is 0 Å². The molecule has 0 aliphatic carbocycles. The molecule has 2 rings (SSSR count). The smallest absolute Gasteiger partial charge is 0.389 e. The number of alkyl halides is 3. The van der Waals surface area contributed by atoms with Crippen LogP contribution in [0.15, 0.2) is 24.3 Å². The number of carbonyl (C=O) groups excluding carboxylic acids is 2. The number of rotatable bonds is 6. The Hall–Kier alpha value is -2.29. The summed E-state index contributed by atoms with van der Waals surface area (Å²) in [7, 11) is 0. The van der Waals surface area contributed by atoms with Crippen LogP contribution in [0.3, 0.4) is 0 Å². The fraction of sp³-hybridized carbons (Fsp3) is 0.500. The zero-order valence-electron chi connectivity index (χ0n) is 13.5. The molecule has 1 heterocycles. The molecule has 9 heteroatoms. The van der Waals surface area contributed by atoms with Crippen LogP contribution in [-0.4, -0.2) is 55.8 Å². The van der Waals surface area contributed by atoms with E-state index in [9.17, 15) is 22.8 Å². The third kappa shape index (κ3) is 7.00. The van der Waals surface area contributed by atoms with Gasteiger partial charge in [0.05, 0.1) is 19.6 Å². The highest BCUT2D eigenvalue weighted by atomic mass is 19.4. The molecule has 0 radical (unpaired) electrons. The summed E-state index contributed by atoms with van der Waals surface area (Å²) in [4.78, 5) is 25.0. The SMILES string of the molecule is O=C(CCC(F)(F)F)Nc1ccc(OCC(=O)N2CCOCC2)cc1. The van der Waals surface area contributed by atoms with Crippen LogP contribution in [0.4, 0.5) is 18.9 Å². The number of hydrogen-bond donors (Lipinski definition) is 1. The van der Waals surface area contributed by atoms with E-state index < -0.39 is 24.9 Å². The van der Waals surface area contributed by atoms with Crippen molar-refractivity contribution >= 4 is 17.5 Å². The second kappa shape index (κ2) is 8.70. The molecule has 6 nitrogen and oxygen atoms in total. The zero-order valence-corrected chi connectivity index (χ0v) is 13.5. The third-order valence-corrected chi connectivity index (χ3v) is 3.50. The summed E-state index contributed by atoms with van der Waals surface area (Å²) in [5.74, 6) is -0.434. The highest BCUT2D eigenvalue weighted by Gasteiger charge is 2.27. The molecule has 0 bridgehead atoms. The summed E-state index contributed by atoms with van der Waals surface area (Å²) in [5.41, 5.74) is 0.360. The van der Waals surface area contributed by atoms with Crippen LogP contribution in [0.25, 0.3) is 0 Å². The fourth-order valence-electron chi connectivity index (χ4n) is 2.16. The molecule has 25 heavy (non-hydrogen) atoms. The molecule has 0 atom stereocenters. The first kappa shape index (κ1) is 19.0. The number of nitrogens with zero attached hydrogens (tertiary/aromatic N) is 1. The largest absolute Gasteiger partial charge is 0.484 e. The van der Waals surface area contributed by atoms with Gasteiger partial charge in [0.15, 0.2) is 6.61 Å². The van der Waals surface area contributed by atoms with Gasteiger partial charge >= 0.3 is 6.18 Å². The van der Waals surface area contributed by atoms with Crippen LogP contribution in [0.5, 0.6) is 5.75 Å². The minimum absolute atomic E-state index is 0.114. The van der Waals surface area contributed by atoms with E-state index in [1.165, 1.54) is 24.3 Å². The van der Waals surface area contributed by atoms with Gasteiger partial charge in [-0.1, -0.05) is 0 Å². The first-order valence-corrected chi connectivity index (χ1v) is 7.78. The minimum Gasteiger partial charge on any atom is -0.484 e. The fourth-order valence-corrected chi connectivity index (χ4v) is 2.16. The molecule has 1 aliphatic heterocycles. The van der Waals surface area contributed by atoms with Crippen LogP contribution in [0.1, 0.15) is 12.8 Å². The van der Waals surface area contributed by atoms with Crippen molar-refractivity contribution < 1.29 is 32.2 Å². The average molecular weight is 360 g/mol. The Balaban J connectivity index is 1.75. The average Bonchev–Trinajstić information content (AvgIpc) is 2.59. The van der Waals surface area contributed by atoms with Crippen LogP contribution in [0, 0.1) is 0 Å². The Kier molecular flexibility index (Phi) is 6.63. The summed E-state index contributed by atoms with van der Waals surface area (Å²) in [6.07, 6.45) is -6.15. The molecule has 1 aliphatic rings. The van der Waals surface area contributed by atoms with Gasteiger partial charge < -0.3 is 19.7 Å². The number of nitrogens with one attached hydrogen (secondary N) is 1. The summed E-state index contributed by atoms with van der Waals surface area (Å²) in [6, 6.07) is 6.07. The molecule has 1 saturated heterocycles. The second-order valence-electron chi connectivity index (χ2n) is 5.47. The van der Waals surface area contributed by atoms with E-state index in [2.05, 4.69) is 5.32 Å². The molecule has 1 aromatic rings. The van der Waals surface area contributed by atoms with Crippen LogP contribution in [0.2, 0.25) is 0 Å². The Labute approximate surface area is 142 Å². The summed E-state index contributed by atoms with van der Waals surface area (Å²) in [5, 5.41) is 2.37. The number of ether oxygens (including phenoxy) is 2. The lowest BCUT2D eigenvalue weighted by molar-refractivity contribution is -0.142. The van der Waals surface area contributed by atoms with E-state index in [0.29, 0.717) is 37.7 Å². The lowest BCUT2D eigenvalue weighted by Crippen LogP contribution is -2.42. The Bertz CT molecular complexity index is 584. The number of carbonyl (C=O) groups is 2. The maximum absolute atomic E-state index is 12.1. The van der Waals surface area contributed by atoms with Crippen molar-refractivity contribution in [1.82, 2.24) is 4.90 Å². The maximum atomic E-state index is 12.1. The van der Waals surface area contributed by atoms with Gasteiger partial charge in [-0.05, 0) is 24.3 Å². The molecule has 0 saturated carbocycles. The van der Waals surface area contributed by atoms with E-state index in [-0.39, 0.29) is 12.5 Å². The topological polar surface area (TPSA) is 67.9 Å². The quantitative estimate of drug-likeness (QED) is 0.845. The van der Waals surface area contributed by atoms with Crippen molar-refractivity contribution in [3.8, 4) is 5.75 Å². The number of benzene rings is 1.